The minimum Gasteiger partial charge on any atom is -0.507 e. The number of hydrogen-bond acceptors (Lipinski definition) is 3. The molecule has 4 heteroatoms. The zero-order valence-electron chi connectivity index (χ0n) is 10.7. The number of carbonyl (C=O) groups excluding carboxylic acids is 1. The number of amides is 1. The van der Waals surface area contributed by atoms with E-state index in [9.17, 15) is 9.90 Å². The summed E-state index contributed by atoms with van der Waals surface area (Å²) in [4.78, 5) is 11.7. The number of nitrogens with one attached hydrogen (secondary N) is 1. The molecule has 1 rings (SSSR count). The van der Waals surface area contributed by atoms with Crippen molar-refractivity contribution in [2.75, 3.05) is 7.11 Å². The number of benzene rings is 1. The molecule has 0 aliphatic rings. The van der Waals surface area contributed by atoms with E-state index in [0.717, 1.165) is 0 Å². The minimum absolute atomic E-state index is 0.0484. The van der Waals surface area contributed by atoms with Gasteiger partial charge in [-0.2, -0.15) is 0 Å². The van der Waals surface area contributed by atoms with Gasteiger partial charge in [0.1, 0.15) is 11.5 Å². The SMILES string of the molecule is COc1ccc(CNC(=O)C(C)(C)C)c(O)c1. The summed E-state index contributed by atoms with van der Waals surface area (Å²) in [6.45, 7) is 5.84. The first kappa shape index (κ1) is 13.4. The fourth-order valence-corrected chi connectivity index (χ4v) is 1.26. The zero-order chi connectivity index (χ0) is 13.1. The van der Waals surface area contributed by atoms with Gasteiger partial charge in [-0.25, -0.2) is 0 Å². The first-order valence-corrected chi connectivity index (χ1v) is 5.49. The molecule has 0 aliphatic heterocycles. The summed E-state index contributed by atoms with van der Waals surface area (Å²) in [5.74, 6) is 0.666. The Balaban J connectivity index is 2.67. The minimum atomic E-state index is -0.428. The van der Waals surface area contributed by atoms with Gasteiger partial charge in [0, 0.05) is 23.6 Å². The molecule has 4 nitrogen and oxygen atoms in total. The maximum atomic E-state index is 11.7. The number of phenolic OH excluding ortho intramolecular Hbond substituents is 1. The maximum absolute atomic E-state index is 11.7. The first-order valence-electron chi connectivity index (χ1n) is 5.49. The highest BCUT2D eigenvalue weighted by atomic mass is 16.5. The summed E-state index contributed by atoms with van der Waals surface area (Å²) in [5, 5.41) is 12.5. The molecule has 94 valence electrons. The molecule has 0 saturated carbocycles. The molecular weight excluding hydrogens is 218 g/mol. The highest BCUT2D eigenvalue weighted by Gasteiger charge is 2.20. The fourth-order valence-electron chi connectivity index (χ4n) is 1.26. The smallest absolute Gasteiger partial charge is 0.225 e. The van der Waals surface area contributed by atoms with Gasteiger partial charge < -0.3 is 15.2 Å². The predicted molar refractivity (Wildman–Crippen MR) is 66.0 cm³/mol. The lowest BCUT2D eigenvalue weighted by atomic mass is 9.95. The Morgan fingerprint density at radius 3 is 2.53 bits per heavy atom. The van der Waals surface area contributed by atoms with Crippen LogP contribution >= 0.6 is 0 Å². The van der Waals surface area contributed by atoms with Crippen molar-refractivity contribution in [2.45, 2.75) is 27.3 Å². The Kier molecular flexibility index (Phi) is 3.99. The van der Waals surface area contributed by atoms with Crippen LogP contribution in [0.2, 0.25) is 0 Å². The quantitative estimate of drug-likeness (QED) is 0.846. The van der Waals surface area contributed by atoms with Crippen molar-refractivity contribution in [3.05, 3.63) is 23.8 Å². The lowest BCUT2D eigenvalue weighted by Gasteiger charge is -2.18. The molecule has 0 fully saturated rings. The van der Waals surface area contributed by atoms with Gasteiger partial charge in [0.2, 0.25) is 5.91 Å². The van der Waals surface area contributed by atoms with Crippen molar-refractivity contribution >= 4 is 5.91 Å². The molecule has 17 heavy (non-hydrogen) atoms. The number of rotatable bonds is 3. The zero-order valence-corrected chi connectivity index (χ0v) is 10.7. The van der Waals surface area contributed by atoms with Crippen LogP contribution in [0.1, 0.15) is 26.3 Å². The van der Waals surface area contributed by atoms with Crippen LogP contribution in [-0.4, -0.2) is 18.1 Å². The summed E-state index contributed by atoms with van der Waals surface area (Å²) in [7, 11) is 1.54. The molecule has 0 atom stereocenters. The Morgan fingerprint density at radius 1 is 1.41 bits per heavy atom. The summed E-state index contributed by atoms with van der Waals surface area (Å²) in [5.41, 5.74) is 0.241. The molecule has 2 N–H and O–H groups in total. The number of aromatic hydroxyl groups is 1. The van der Waals surface area contributed by atoms with Crippen LogP contribution < -0.4 is 10.1 Å². The molecule has 0 radical (unpaired) electrons. The molecule has 0 aliphatic carbocycles. The van der Waals surface area contributed by atoms with Gasteiger partial charge >= 0.3 is 0 Å². The molecule has 0 saturated heterocycles. The van der Waals surface area contributed by atoms with Crippen molar-refractivity contribution in [1.82, 2.24) is 5.32 Å². The van der Waals surface area contributed by atoms with Crippen molar-refractivity contribution in [2.24, 2.45) is 5.41 Å². The molecule has 1 amide bonds. The molecule has 1 aromatic carbocycles. The van der Waals surface area contributed by atoms with Crippen LogP contribution in [-0.2, 0) is 11.3 Å². The van der Waals surface area contributed by atoms with E-state index in [1.54, 1.807) is 12.1 Å². The van der Waals surface area contributed by atoms with E-state index in [2.05, 4.69) is 5.32 Å². The lowest BCUT2D eigenvalue weighted by molar-refractivity contribution is -0.128. The maximum Gasteiger partial charge on any atom is 0.225 e. The van der Waals surface area contributed by atoms with E-state index in [0.29, 0.717) is 17.9 Å². The second-order valence-electron chi connectivity index (χ2n) is 4.93. The second kappa shape index (κ2) is 5.08. The van der Waals surface area contributed by atoms with Gasteiger partial charge in [0.25, 0.3) is 0 Å². The largest absolute Gasteiger partial charge is 0.507 e. The highest BCUT2D eigenvalue weighted by Crippen LogP contribution is 2.23. The molecule has 0 bridgehead atoms. The molecule has 0 spiro atoms. The van der Waals surface area contributed by atoms with Gasteiger partial charge in [-0.3, -0.25) is 4.79 Å². The Bertz CT molecular complexity index is 408. The summed E-state index contributed by atoms with van der Waals surface area (Å²) in [6, 6.07) is 5.01. The first-order chi connectivity index (χ1) is 7.84. The molecule has 0 unspecified atom stereocenters. The topological polar surface area (TPSA) is 58.6 Å². The van der Waals surface area contributed by atoms with Crippen LogP contribution in [0.3, 0.4) is 0 Å². The average molecular weight is 237 g/mol. The summed E-state index contributed by atoms with van der Waals surface area (Å²) < 4.78 is 4.98. The summed E-state index contributed by atoms with van der Waals surface area (Å²) in [6.07, 6.45) is 0. The average Bonchev–Trinajstić information content (AvgIpc) is 2.25. The van der Waals surface area contributed by atoms with Gasteiger partial charge in [-0.15, -0.1) is 0 Å². The number of ether oxygens (including phenoxy) is 1. The van der Waals surface area contributed by atoms with Crippen molar-refractivity contribution in [3.8, 4) is 11.5 Å². The number of hydrogen-bond donors (Lipinski definition) is 2. The van der Waals surface area contributed by atoms with E-state index in [1.165, 1.54) is 13.2 Å². The standard InChI is InChI=1S/C13H19NO3/c1-13(2,3)12(16)14-8-9-5-6-10(17-4)7-11(9)15/h5-7,15H,8H2,1-4H3,(H,14,16). The number of methoxy groups -OCH3 is 1. The third-order valence-electron chi connectivity index (χ3n) is 2.41. The van der Waals surface area contributed by atoms with E-state index in [1.807, 2.05) is 20.8 Å². The molecular formula is C13H19NO3. The third kappa shape index (κ3) is 3.66. The molecule has 0 aromatic heterocycles. The Hall–Kier alpha value is -1.71. The van der Waals surface area contributed by atoms with Crippen LogP contribution in [0, 0.1) is 5.41 Å². The highest BCUT2D eigenvalue weighted by molar-refractivity contribution is 5.81. The van der Waals surface area contributed by atoms with E-state index < -0.39 is 5.41 Å². The Morgan fingerprint density at radius 2 is 2.06 bits per heavy atom. The van der Waals surface area contributed by atoms with Gasteiger partial charge in [0.15, 0.2) is 0 Å². The van der Waals surface area contributed by atoms with Gasteiger partial charge in [0.05, 0.1) is 7.11 Å². The van der Waals surface area contributed by atoms with Crippen LogP contribution in [0.4, 0.5) is 0 Å². The van der Waals surface area contributed by atoms with Crippen LogP contribution in [0.15, 0.2) is 18.2 Å². The Labute approximate surface area is 102 Å². The van der Waals surface area contributed by atoms with E-state index in [4.69, 9.17) is 4.74 Å². The third-order valence-corrected chi connectivity index (χ3v) is 2.41. The molecule has 1 aromatic rings. The summed E-state index contributed by atoms with van der Waals surface area (Å²) >= 11 is 0. The fraction of sp³-hybridized carbons (Fsp3) is 0.462. The normalized spacial score (nSPS) is 11.1. The number of carbonyl (C=O) groups is 1. The molecule has 0 heterocycles. The van der Waals surface area contributed by atoms with E-state index >= 15 is 0 Å². The van der Waals surface area contributed by atoms with E-state index in [-0.39, 0.29) is 11.7 Å². The van der Waals surface area contributed by atoms with Crippen molar-refractivity contribution < 1.29 is 14.6 Å². The lowest BCUT2D eigenvalue weighted by Crippen LogP contribution is -2.34. The van der Waals surface area contributed by atoms with Gasteiger partial charge in [-0.05, 0) is 12.1 Å². The monoisotopic (exact) mass is 237 g/mol. The van der Waals surface area contributed by atoms with Crippen molar-refractivity contribution in [3.63, 3.8) is 0 Å². The van der Waals surface area contributed by atoms with Crippen molar-refractivity contribution in [1.29, 1.82) is 0 Å². The van der Waals surface area contributed by atoms with Gasteiger partial charge in [-0.1, -0.05) is 20.8 Å². The second-order valence-corrected chi connectivity index (χ2v) is 4.93. The predicted octanol–water partition coefficient (Wildman–Crippen LogP) is 2.06. The van der Waals surface area contributed by atoms with Crippen LogP contribution in [0.5, 0.6) is 11.5 Å². The number of phenols is 1. The van der Waals surface area contributed by atoms with Crippen LogP contribution in [0.25, 0.3) is 0 Å².